The van der Waals surface area contributed by atoms with E-state index in [0.29, 0.717) is 13.1 Å². The highest BCUT2D eigenvalue weighted by Gasteiger charge is 2.33. The number of hydrazine groups is 1. The lowest BCUT2D eigenvalue weighted by molar-refractivity contribution is -0.125. The normalized spacial score (nSPS) is 20.3. The maximum atomic E-state index is 12.6. The van der Waals surface area contributed by atoms with Gasteiger partial charge in [0.2, 0.25) is 5.91 Å². The molecule has 0 spiro atoms. The topological polar surface area (TPSA) is 66.0 Å². The van der Waals surface area contributed by atoms with Crippen LogP contribution in [0.25, 0.3) is 10.2 Å². The molecule has 122 valence electrons. The highest BCUT2D eigenvalue weighted by atomic mass is 32.1. The van der Waals surface area contributed by atoms with Crippen LogP contribution in [0.5, 0.6) is 0 Å². The van der Waals surface area contributed by atoms with Gasteiger partial charge < -0.3 is 5.32 Å². The Labute approximate surface area is 144 Å². The van der Waals surface area contributed by atoms with E-state index in [2.05, 4.69) is 27.2 Å². The summed E-state index contributed by atoms with van der Waals surface area (Å²) in [5.41, 5.74) is 8.40. The molecular formula is C18H18N4OS. The van der Waals surface area contributed by atoms with E-state index in [-0.39, 0.29) is 17.9 Å². The molecule has 3 N–H and O–H groups in total. The van der Waals surface area contributed by atoms with Crippen LogP contribution in [0.15, 0.2) is 54.6 Å². The summed E-state index contributed by atoms with van der Waals surface area (Å²) in [7, 11) is 0. The van der Waals surface area contributed by atoms with Crippen molar-refractivity contribution in [3.63, 3.8) is 0 Å². The average molecular weight is 338 g/mol. The second kappa shape index (κ2) is 6.68. The smallest absolute Gasteiger partial charge is 0.226 e. The number of hydrogen-bond acceptors (Lipinski definition) is 5. The maximum absolute atomic E-state index is 12.6. The number of amides is 1. The van der Waals surface area contributed by atoms with Crippen molar-refractivity contribution >= 4 is 27.5 Å². The molecule has 0 aliphatic carbocycles. The molecule has 3 aromatic rings. The molecule has 5 nitrogen and oxygen atoms in total. The molecule has 1 saturated heterocycles. The van der Waals surface area contributed by atoms with Gasteiger partial charge in [-0.15, -0.1) is 11.3 Å². The monoisotopic (exact) mass is 338 g/mol. The summed E-state index contributed by atoms with van der Waals surface area (Å²) in [5.74, 6) is -0.0950. The minimum Gasteiger partial charge on any atom is -0.349 e. The van der Waals surface area contributed by atoms with Crippen LogP contribution in [0.3, 0.4) is 0 Å². The molecule has 24 heavy (non-hydrogen) atoms. The SMILES string of the molecule is O=C(NCc1nc2ccccc2s1)C1CNNC1c1ccccc1. The van der Waals surface area contributed by atoms with E-state index in [1.165, 1.54) is 0 Å². The fourth-order valence-electron chi connectivity index (χ4n) is 3.01. The molecule has 2 atom stereocenters. The number of fused-ring (bicyclic) bond motifs is 1. The third kappa shape index (κ3) is 3.03. The van der Waals surface area contributed by atoms with Crippen molar-refractivity contribution in [2.45, 2.75) is 12.6 Å². The fraction of sp³-hybridized carbons (Fsp3) is 0.222. The van der Waals surface area contributed by atoms with Crippen LogP contribution in [0.4, 0.5) is 0 Å². The lowest BCUT2D eigenvalue weighted by Gasteiger charge is -2.18. The number of nitrogens with zero attached hydrogens (tertiary/aromatic N) is 1. The molecule has 4 rings (SSSR count). The van der Waals surface area contributed by atoms with Crippen molar-refractivity contribution < 1.29 is 4.79 Å². The van der Waals surface area contributed by atoms with Gasteiger partial charge in [-0.2, -0.15) is 0 Å². The van der Waals surface area contributed by atoms with E-state index < -0.39 is 0 Å². The molecule has 1 aliphatic rings. The summed E-state index contributed by atoms with van der Waals surface area (Å²) in [4.78, 5) is 17.2. The van der Waals surface area contributed by atoms with E-state index >= 15 is 0 Å². The van der Waals surface area contributed by atoms with Gasteiger partial charge in [-0.3, -0.25) is 10.2 Å². The van der Waals surface area contributed by atoms with Crippen molar-refractivity contribution in [2.24, 2.45) is 5.92 Å². The molecule has 1 fully saturated rings. The van der Waals surface area contributed by atoms with Crippen LogP contribution >= 0.6 is 11.3 Å². The first-order valence-electron chi connectivity index (χ1n) is 7.97. The van der Waals surface area contributed by atoms with Crippen LogP contribution in [0.1, 0.15) is 16.6 Å². The van der Waals surface area contributed by atoms with Gasteiger partial charge in [0.05, 0.1) is 28.7 Å². The van der Waals surface area contributed by atoms with Gasteiger partial charge in [-0.25, -0.2) is 10.4 Å². The zero-order valence-corrected chi connectivity index (χ0v) is 13.8. The number of para-hydroxylation sites is 1. The van der Waals surface area contributed by atoms with Gasteiger partial charge in [-0.05, 0) is 17.7 Å². The molecule has 0 bridgehead atoms. The van der Waals surface area contributed by atoms with E-state index in [9.17, 15) is 4.79 Å². The molecule has 0 radical (unpaired) electrons. The number of benzene rings is 2. The van der Waals surface area contributed by atoms with Crippen LogP contribution in [-0.4, -0.2) is 17.4 Å². The van der Waals surface area contributed by atoms with E-state index in [0.717, 1.165) is 20.8 Å². The summed E-state index contributed by atoms with van der Waals surface area (Å²) in [6.07, 6.45) is 0. The predicted octanol–water partition coefficient (Wildman–Crippen LogP) is 2.38. The lowest BCUT2D eigenvalue weighted by atomic mass is 9.94. The Morgan fingerprint density at radius 2 is 1.96 bits per heavy atom. The Morgan fingerprint density at radius 1 is 1.17 bits per heavy atom. The number of aromatic nitrogens is 1. The zero-order chi connectivity index (χ0) is 16.4. The van der Waals surface area contributed by atoms with Crippen LogP contribution in [0, 0.1) is 5.92 Å². The Kier molecular flexibility index (Phi) is 4.25. The summed E-state index contributed by atoms with van der Waals surface area (Å²) in [6.45, 7) is 1.08. The molecule has 2 unspecified atom stereocenters. The minimum atomic E-state index is -0.137. The van der Waals surface area contributed by atoms with Crippen LogP contribution < -0.4 is 16.2 Å². The predicted molar refractivity (Wildman–Crippen MR) is 95.3 cm³/mol. The third-order valence-corrected chi connectivity index (χ3v) is 5.27. The average Bonchev–Trinajstić information content (AvgIpc) is 3.27. The van der Waals surface area contributed by atoms with Gasteiger partial charge in [0, 0.05) is 6.54 Å². The van der Waals surface area contributed by atoms with E-state index in [1.54, 1.807) is 11.3 Å². The Balaban J connectivity index is 1.43. The van der Waals surface area contributed by atoms with E-state index in [4.69, 9.17) is 0 Å². The van der Waals surface area contributed by atoms with Crippen molar-refractivity contribution in [3.8, 4) is 0 Å². The standard InChI is InChI=1S/C18H18N4OS/c23-18(13-10-20-22-17(13)12-6-2-1-3-7-12)19-11-16-21-14-8-4-5-9-15(14)24-16/h1-9,13,17,20,22H,10-11H2,(H,19,23). The van der Waals surface area contributed by atoms with Crippen molar-refractivity contribution in [2.75, 3.05) is 6.54 Å². The third-order valence-electron chi connectivity index (χ3n) is 4.23. The highest BCUT2D eigenvalue weighted by molar-refractivity contribution is 7.18. The maximum Gasteiger partial charge on any atom is 0.226 e. The molecule has 2 aromatic carbocycles. The van der Waals surface area contributed by atoms with E-state index in [1.807, 2.05) is 48.5 Å². The Hall–Kier alpha value is -2.28. The quantitative estimate of drug-likeness (QED) is 0.683. The minimum absolute atomic E-state index is 0.0124. The first-order chi connectivity index (χ1) is 11.8. The van der Waals surface area contributed by atoms with Crippen molar-refractivity contribution in [1.82, 2.24) is 21.2 Å². The zero-order valence-electron chi connectivity index (χ0n) is 13.0. The number of nitrogens with one attached hydrogen (secondary N) is 3. The number of carbonyl (C=O) groups excluding carboxylic acids is 1. The summed E-state index contributed by atoms with van der Waals surface area (Å²) in [6, 6.07) is 18.1. The van der Waals surface area contributed by atoms with Gasteiger partial charge in [-0.1, -0.05) is 42.5 Å². The van der Waals surface area contributed by atoms with Crippen molar-refractivity contribution in [1.29, 1.82) is 0 Å². The molecule has 6 heteroatoms. The summed E-state index contributed by atoms with van der Waals surface area (Å²) < 4.78 is 1.15. The van der Waals surface area contributed by atoms with Crippen LogP contribution in [-0.2, 0) is 11.3 Å². The Morgan fingerprint density at radius 3 is 2.79 bits per heavy atom. The molecule has 1 aromatic heterocycles. The van der Waals surface area contributed by atoms with Gasteiger partial charge >= 0.3 is 0 Å². The molecular weight excluding hydrogens is 320 g/mol. The number of thiazole rings is 1. The first kappa shape index (κ1) is 15.3. The molecule has 1 amide bonds. The molecule has 2 heterocycles. The summed E-state index contributed by atoms with van der Waals surface area (Å²) in [5, 5.41) is 3.96. The summed E-state index contributed by atoms with van der Waals surface area (Å²) >= 11 is 1.62. The Bertz CT molecular complexity index is 815. The number of hydrogen-bond donors (Lipinski definition) is 3. The van der Waals surface area contributed by atoms with Crippen LogP contribution in [0.2, 0.25) is 0 Å². The van der Waals surface area contributed by atoms with Gasteiger partial charge in [0.15, 0.2) is 0 Å². The second-order valence-corrected chi connectivity index (χ2v) is 6.93. The lowest BCUT2D eigenvalue weighted by Crippen LogP contribution is -2.34. The molecule has 1 aliphatic heterocycles. The number of carbonyl (C=O) groups is 1. The largest absolute Gasteiger partial charge is 0.349 e. The molecule has 0 saturated carbocycles. The second-order valence-electron chi connectivity index (χ2n) is 5.81. The van der Waals surface area contributed by atoms with Gasteiger partial charge in [0.25, 0.3) is 0 Å². The number of rotatable bonds is 4. The van der Waals surface area contributed by atoms with Crippen molar-refractivity contribution in [3.05, 3.63) is 65.2 Å². The highest BCUT2D eigenvalue weighted by Crippen LogP contribution is 2.25. The first-order valence-corrected chi connectivity index (χ1v) is 8.78. The van der Waals surface area contributed by atoms with Gasteiger partial charge in [0.1, 0.15) is 5.01 Å². The fourth-order valence-corrected chi connectivity index (χ4v) is 3.91.